The highest BCUT2D eigenvalue weighted by Crippen LogP contribution is 2.34. The Bertz CT molecular complexity index is 698. The van der Waals surface area contributed by atoms with Gasteiger partial charge in [0.1, 0.15) is 5.01 Å². The lowest BCUT2D eigenvalue weighted by Crippen LogP contribution is -2.36. The minimum Gasteiger partial charge on any atom is -0.348 e. The van der Waals surface area contributed by atoms with Crippen LogP contribution in [-0.4, -0.2) is 17.4 Å². The summed E-state index contributed by atoms with van der Waals surface area (Å²) in [5, 5.41) is 4.19. The standard InChI is InChI=1S/C19H25N3OS/c1-12(21-18(23)16-10-6-9-15(16)11-20)17-13(2)22-19(24-17)14-7-4-3-5-8-14/h3-5,7-8,12,15-16H,6,9-11,20H2,1-2H3,(H,21,23)/t12?,15-,16-/m1/s1. The number of nitrogens with zero attached hydrogens (tertiary/aromatic N) is 1. The van der Waals surface area contributed by atoms with Gasteiger partial charge in [-0.3, -0.25) is 4.79 Å². The highest BCUT2D eigenvalue weighted by molar-refractivity contribution is 7.15. The smallest absolute Gasteiger partial charge is 0.223 e. The quantitative estimate of drug-likeness (QED) is 0.870. The Morgan fingerprint density at radius 1 is 1.38 bits per heavy atom. The number of carbonyl (C=O) groups is 1. The second-order valence-electron chi connectivity index (χ2n) is 6.60. The molecule has 0 aliphatic heterocycles. The molecule has 1 aromatic carbocycles. The Kier molecular flexibility index (Phi) is 5.31. The maximum Gasteiger partial charge on any atom is 0.223 e. The summed E-state index contributed by atoms with van der Waals surface area (Å²) in [6.07, 6.45) is 3.13. The predicted octanol–water partition coefficient (Wildman–Crippen LogP) is 3.67. The summed E-state index contributed by atoms with van der Waals surface area (Å²) < 4.78 is 0. The van der Waals surface area contributed by atoms with Gasteiger partial charge in [-0.25, -0.2) is 4.98 Å². The molecule has 1 aliphatic carbocycles. The molecule has 3 rings (SSSR count). The van der Waals surface area contributed by atoms with Gasteiger partial charge < -0.3 is 11.1 Å². The second-order valence-corrected chi connectivity index (χ2v) is 7.63. The van der Waals surface area contributed by atoms with Crippen LogP contribution in [0.1, 0.15) is 42.8 Å². The van der Waals surface area contributed by atoms with Crippen LogP contribution in [0, 0.1) is 18.8 Å². The van der Waals surface area contributed by atoms with Gasteiger partial charge in [-0.05, 0) is 39.2 Å². The van der Waals surface area contributed by atoms with Crippen molar-refractivity contribution in [1.29, 1.82) is 0 Å². The van der Waals surface area contributed by atoms with Crippen LogP contribution in [0.5, 0.6) is 0 Å². The van der Waals surface area contributed by atoms with Crippen molar-refractivity contribution in [2.45, 2.75) is 39.2 Å². The van der Waals surface area contributed by atoms with E-state index in [1.807, 2.05) is 32.0 Å². The van der Waals surface area contributed by atoms with E-state index in [-0.39, 0.29) is 17.9 Å². The minimum atomic E-state index is -0.0218. The van der Waals surface area contributed by atoms with Crippen molar-refractivity contribution in [3.8, 4) is 10.6 Å². The third-order valence-electron chi connectivity index (χ3n) is 4.90. The fourth-order valence-corrected chi connectivity index (χ4v) is 4.64. The molecule has 0 spiro atoms. The Balaban J connectivity index is 1.72. The summed E-state index contributed by atoms with van der Waals surface area (Å²) in [5.41, 5.74) is 7.92. The molecule has 1 aromatic heterocycles. The molecule has 1 aliphatic rings. The first-order valence-corrected chi connectivity index (χ1v) is 9.45. The average Bonchev–Trinajstić information content (AvgIpc) is 3.22. The number of carbonyl (C=O) groups excluding carboxylic acids is 1. The number of hydrogen-bond donors (Lipinski definition) is 2. The SMILES string of the molecule is Cc1nc(-c2ccccc2)sc1C(C)NC(=O)[C@@H]1CCC[C@@H]1CN. The van der Waals surface area contributed by atoms with Gasteiger partial charge in [-0.15, -0.1) is 11.3 Å². The molecule has 3 atom stereocenters. The van der Waals surface area contributed by atoms with Crippen molar-refractivity contribution in [2.24, 2.45) is 17.6 Å². The maximum absolute atomic E-state index is 12.6. The number of rotatable bonds is 5. The highest BCUT2D eigenvalue weighted by Gasteiger charge is 2.32. The lowest BCUT2D eigenvalue weighted by Gasteiger charge is -2.20. The summed E-state index contributed by atoms with van der Waals surface area (Å²) in [4.78, 5) is 18.4. The van der Waals surface area contributed by atoms with Crippen molar-refractivity contribution in [3.63, 3.8) is 0 Å². The molecule has 1 saturated carbocycles. The number of amides is 1. The molecule has 128 valence electrons. The molecular formula is C19H25N3OS. The molecule has 24 heavy (non-hydrogen) atoms. The molecule has 1 unspecified atom stereocenters. The third kappa shape index (κ3) is 3.52. The summed E-state index contributed by atoms with van der Waals surface area (Å²) >= 11 is 1.66. The van der Waals surface area contributed by atoms with Gasteiger partial charge in [0.15, 0.2) is 0 Å². The first-order valence-electron chi connectivity index (χ1n) is 8.63. The number of aryl methyl sites for hydroxylation is 1. The van der Waals surface area contributed by atoms with Crippen LogP contribution in [0.2, 0.25) is 0 Å². The molecule has 3 N–H and O–H groups in total. The van der Waals surface area contributed by atoms with Gasteiger partial charge in [-0.1, -0.05) is 36.8 Å². The average molecular weight is 343 g/mol. The van der Waals surface area contributed by atoms with E-state index < -0.39 is 0 Å². The Morgan fingerprint density at radius 2 is 2.12 bits per heavy atom. The topological polar surface area (TPSA) is 68.0 Å². The summed E-state index contributed by atoms with van der Waals surface area (Å²) in [6.45, 7) is 4.66. The van der Waals surface area contributed by atoms with Crippen molar-refractivity contribution >= 4 is 17.2 Å². The van der Waals surface area contributed by atoms with E-state index in [4.69, 9.17) is 5.73 Å². The Hall–Kier alpha value is -1.72. The first kappa shape index (κ1) is 17.1. The van der Waals surface area contributed by atoms with Gasteiger partial charge >= 0.3 is 0 Å². The van der Waals surface area contributed by atoms with E-state index in [2.05, 4.69) is 22.4 Å². The lowest BCUT2D eigenvalue weighted by molar-refractivity contribution is -0.126. The number of nitrogens with one attached hydrogen (secondary N) is 1. The number of benzene rings is 1. The van der Waals surface area contributed by atoms with Gasteiger partial charge in [0, 0.05) is 11.5 Å². The second kappa shape index (κ2) is 7.45. The molecular weight excluding hydrogens is 318 g/mol. The molecule has 1 fully saturated rings. The fourth-order valence-electron chi connectivity index (χ4n) is 3.56. The zero-order chi connectivity index (χ0) is 17.1. The third-order valence-corrected chi connectivity index (χ3v) is 6.29. The Morgan fingerprint density at radius 3 is 2.83 bits per heavy atom. The van der Waals surface area contributed by atoms with Crippen molar-refractivity contribution in [1.82, 2.24) is 10.3 Å². The molecule has 1 heterocycles. The molecule has 4 nitrogen and oxygen atoms in total. The molecule has 0 radical (unpaired) electrons. The summed E-state index contributed by atoms with van der Waals surface area (Å²) in [7, 11) is 0. The number of hydrogen-bond acceptors (Lipinski definition) is 4. The van der Waals surface area contributed by atoms with Crippen molar-refractivity contribution in [2.75, 3.05) is 6.54 Å². The van der Waals surface area contributed by atoms with Crippen LogP contribution in [0.4, 0.5) is 0 Å². The van der Waals surface area contributed by atoms with Crippen LogP contribution in [0.3, 0.4) is 0 Å². The largest absolute Gasteiger partial charge is 0.348 e. The monoisotopic (exact) mass is 343 g/mol. The zero-order valence-corrected chi connectivity index (χ0v) is 15.1. The number of thiazole rings is 1. The molecule has 0 bridgehead atoms. The molecule has 0 saturated heterocycles. The molecule has 5 heteroatoms. The van der Waals surface area contributed by atoms with E-state index >= 15 is 0 Å². The molecule has 2 aromatic rings. The fraction of sp³-hybridized carbons (Fsp3) is 0.474. The van der Waals surface area contributed by atoms with Crippen molar-refractivity contribution in [3.05, 3.63) is 40.9 Å². The number of aromatic nitrogens is 1. The van der Waals surface area contributed by atoms with E-state index in [9.17, 15) is 4.79 Å². The summed E-state index contributed by atoms with van der Waals surface area (Å²) in [5.74, 6) is 0.545. The van der Waals surface area contributed by atoms with Gasteiger partial charge in [0.25, 0.3) is 0 Å². The highest BCUT2D eigenvalue weighted by atomic mass is 32.1. The predicted molar refractivity (Wildman–Crippen MR) is 98.7 cm³/mol. The van der Waals surface area contributed by atoms with Crippen molar-refractivity contribution < 1.29 is 4.79 Å². The normalized spacial score (nSPS) is 21.6. The van der Waals surface area contributed by atoms with E-state index in [1.165, 1.54) is 0 Å². The van der Waals surface area contributed by atoms with Crippen LogP contribution in [0.15, 0.2) is 30.3 Å². The minimum absolute atomic E-state index is 0.0218. The number of nitrogens with two attached hydrogens (primary N) is 1. The van der Waals surface area contributed by atoms with E-state index in [1.54, 1.807) is 11.3 Å². The molecule has 1 amide bonds. The van der Waals surface area contributed by atoms with Crippen LogP contribution in [0.25, 0.3) is 10.6 Å². The Labute approximate surface area is 147 Å². The first-order chi connectivity index (χ1) is 11.6. The summed E-state index contributed by atoms with van der Waals surface area (Å²) in [6, 6.07) is 10.1. The zero-order valence-electron chi connectivity index (χ0n) is 14.3. The van der Waals surface area contributed by atoms with E-state index in [0.717, 1.165) is 40.4 Å². The van der Waals surface area contributed by atoms with Gasteiger partial charge in [0.05, 0.1) is 16.6 Å². The van der Waals surface area contributed by atoms with Crippen LogP contribution in [-0.2, 0) is 4.79 Å². The van der Waals surface area contributed by atoms with Crippen LogP contribution < -0.4 is 11.1 Å². The maximum atomic E-state index is 12.6. The lowest BCUT2D eigenvalue weighted by atomic mass is 9.95. The van der Waals surface area contributed by atoms with Gasteiger partial charge in [-0.2, -0.15) is 0 Å². The van der Waals surface area contributed by atoms with Crippen LogP contribution >= 0.6 is 11.3 Å². The van der Waals surface area contributed by atoms with E-state index in [0.29, 0.717) is 12.5 Å². The van der Waals surface area contributed by atoms with Gasteiger partial charge in [0.2, 0.25) is 5.91 Å².